The third-order valence-corrected chi connectivity index (χ3v) is 3.80. The second kappa shape index (κ2) is 7.51. The number of carbonyl (C=O) groups excluding carboxylic acids is 1. The monoisotopic (exact) mass is 397 g/mol. The molecule has 2 aromatic rings. The van der Waals surface area contributed by atoms with Crippen molar-refractivity contribution >= 4 is 46.4 Å². The quantitative estimate of drug-likeness (QED) is 0.719. The maximum Gasteiger partial charge on any atom is 0.418 e. The SMILES string of the molecule is O=C(COc1ccc(Cl)c(Cl)c1)Nc1ccc(Cl)cc1C(F)(F)F. The summed E-state index contributed by atoms with van der Waals surface area (Å²) in [4.78, 5) is 11.8. The van der Waals surface area contributed by atoms with Gasteiger partial charge in [0.1, 0.15) is 5.75 Å². The van der Waals surface area contributed by atoms with E-state index < -0.39 is 29.9 Å². The summed E-state index contributed by atoms with van der Waals surface area (Å²) >= 11 is 17.1. The Morgan fingerprint density at radius 2 is 1.75 bits per heavy atom. The van der Waals surface area contributed by atoms with Crippen molar-refractivity contribution in [2.45, 2.75) is 6.18 Å². The Kier molecular flexibility index (Phi) is 5.85. The molecule has 2 rings (SSSR count). The molecule has 1 N–H and O–H groups in total. The van der Waals surface area contributed by atoms with Gasteiger partial charge in [0.25, 0.3) is 5.91 Å². The molecular formula is C15H9Cl3F3NO2. The maximum atomic E-state index is 12.9. The summed E-state index contributed by atoms with van der Waals surface area (Å²) in [7, 11) is 0. The number of hydrogen-bond donors (Lipinski definition) is 1. The van der Waals surface area contributed by atoms with Crippen LogP contribution in [0.2, 0.25) is 15.1 Å². The van der Waals surface area contributed by atoms with Crippen molar-refractivity contribution in [2.24, 2.45) is 0 Å². The second-order valence-electron chi connectivity index (χ2n) is 4.60. The summed E-state index contributed by atoms with van der Waals surface area (Å²) in [6.07, 6.45) is -4.65. The number of rotatable bonds is 4. The maximum absolute atomic E-state index is 12.9. The molecule has 9 heteroatoms. The van der Waals surface area contributed by atoms with Crippen LogP contribution in [-0.2, 0) is 11.0 Å². The Balaban J connectivity index is 2.06. The standard InChI is InChI=1S/C15H9Cl3F3NO2/c16-8-1-4-13(10(5-8)15(19,20)21)22-14(23)7-24-9-2-3-11(17)12(18)6-9/h1-6H,7H2,(H,22,23). The number of anilines is 1. The zero-order valence-electron chi connectivity index (χ0n) is 11.8. The number of hydrogen-bond acceptors (Lipinski definition) is 2. The van der Waals surface area contributed by atoms with Gasteiger partial charge in [-0.3, -0.25) is 4.79 Å². The van der Waals surface area contributed by atoms with Crippen LogP contribution in [0.1, 0.15) is 5.56 Å². The van der Waals surface area contributed by atoms with Crippen molar-refractivity contribution in [3.8, 4) is 5.75 Å². The Morgan fingerprint density at radius 1 is 1.04 bits per heavy atom. The van der Waals surface area contributed by atoms with Gasteiger partial charge in [-0.2, -0.15) is 13.2 Å². The predicted octanol–water partition coefficient (Wildman–Crippen LogP) is 5.68. The fourth-order valence-corrected chi connectivity index (χ4v) is 2.22. The molecule has 0 spiro atoms. The molecule has 0 aliphatic heterocycles. The van der Waals surface area contributed by atoms with E-state index in [1.54, 1.807) is 0 Å². The molecule has 0 saturated heterocycles. The van der Waals surface area contributed by atoms with E-state index in [1.165, 1.54) is 24.3 Å². The van der Waals surface area contributed by atoms with Crippen LogP contribution in [0.3, 0.4) is 0 Å². The molecule has 0 aliphatic rings. The molecule has 0 saturated carbocycles. The number of nitrogens with one attached hydrogen (secondary N) is 1. The fourth-order valence-electron chi connectivity index (χ4n) is 1.76. The van der Waals surface area contributed by atoms with Crippen molar-refractivity contribution in [1.82, 2.24) is 0 Å². The first kappa shape index (κ1) is 18.7. The molecule has 0 aromatic heterocycles. The van der Waals surface area contributed by atoms with Gasteiger partial charge in [-0.25, -0.2) is 0 Å². The molecule has 0 aliphatic carbocycles. The summed E-state index contributed by atoms with van der Waals surface area (Å²) in [5, 5.41) is 2.59. The topological polar surface area (TPSA) is 38.3 Å². The molecule has 1 amide bonds. The summed E-state index contributed by atoms with van der Waals surface area (Å²) in [5.41, 5.74) is -1.45. The largest absolute Gasteiger partial charge is 0.484 e. The van der Waals surface area contributed by atoms with Crippen molar-refractivity contribution in [2.75, 3.05) is 11.9 Å². The summed E-state index contributed by atoms with van der Waals surface area (Å²) in [6, 6.07) is 7.38. The van der Waals surface area contributed by atoms with Gasteiger partial charge in [0, 0.05) is 11.1 Å². The second-order valence-corrected chi connectivity index (χ2v) is 5.85. The van der Waals surface area contributed by atoms with E-state index in [0.29, 0.717) is 5.02 Å². The Bertz CT molecular complexity index is 766. The summed E-state index contributed by atoms with van der Waals surface area (Å²) < 4.78 is 44.0. The zero-order valence-corrected chi connectivity index (χ0v) is 14.0. The van der Waals surface area contributed by atoms with Gasteiger partial charge in [0.05, 0.1) is 21.3 Å². The Hall–Kier alpha value is -1.63. The van der Waals surface area contributed by atoms with Crippen LogP contribution in [0.4, 0.5) is 18.9 Å². The fraction of sp³-hybridized carbons (Fsp3) is 0.133. The van der Waals surface area contributed by atoms with E-state index in [4.69, 9.17) is 39.5 Å². The molecule has 0 atom stereocenters. The number of amides is 1. The molecule has 0 bridgehead atoms. The van der Waals surface area contributed by atoms with Gasteiger partial charge in [-0.15, -0.1) is 0 Å². The van der Waals surface area contributed by atoms with E-state index >= 15 is 0 Å². The van der Waals surface area contributed by atoms with E-state index in [9.17, 15) is 18.0 Å². The number of benzene rings is 2. The summed E-state index contributed by atoms with van der Waals surface area (Å²) in [6.45, 7) is -0.502. The van der Waals surface area contributed by atoms with Crippen LogP contribution in [0.5, 0.6) is 5.75 Å². The van der Waals surface area contributed by atoms with Crippen LogP contribution < -0.4 is 10.1 Å². The van der Waals surface area contributed by atoms with Gasteiger partial charge < -0.3 is 10.1 Å². The third-order valence-electron chi connectivity index (χ3n) is 2.82. The lowest BCUT2D eigenvalue weighted by atomic mass is 10.1. The summed E-state index contributed by atoms with van der Waals surface area (Å²) in [5.74, 6) is -0.513. The average molecular weight is 399 g/mol. The van der Waals surface area contributed by atoms with Crippen molar-refractivity contribution < 1.29 is 22.7 Å². The lowest BCUT2D eigenvalue weighted by molar-refractivity contribution is -0.137. The molecule has 0 unspecified atom stereocenters. The lowest BCUT2D eigenvalue weighted by Crippen LogP contribution is -2.22. The first-order chi connectivity index (χ1) is 11.2. The molecule has 0 fully saturated rings. The number of halogens is 6. The molecule has 0 heterocycles. The van der Waals surface area contributed by atoms with Crippen LogP contribution in [0, 0.1) is 0 Å². The van der Waals surface area contributed by atoms with Crippen LogP contribution >= 0.6 is 34.8 Å². The van der Waals surface area contributed by atoms with Gasteiger partial charge in [-0.1, -0.05) is 34.8 Å². The van der Waals surface area contributed by atoms with E-state index in [2.05, 4.69) is 5.32 Å². The number of carbonyl (C=O) groups is 1. The van der Waals surface area contributed by atoms with Crippen molar-refractivity contribution in [3.63, 3.8) is 0 Å². The van der Waals surface area contributed by atoms with Crippen LogP contribution in [0.15, 0.2) is 36.4 Å². The van der Waals surface area contributed by atoms with Gasteiger partial charge in [-0.05, 0) is 30.3 Å². The lowest BCUT2D eigenvalue weighted by Gasteiger charge is -2.14. The molecule has 24 heavy (non-hydrogen) atoms. The molecule has 2 aromatic carbocycles. The smallest absolute Gasteiger partial charge is 0.418 e. The van der Waals surface area contributed by atoms with Gasteiger partial charge >= 0.3 is 6.18 Å². The van der Waals surface area contributed by atoms with Crippen LogP contribution in [0.25, 0.3) is 0 Å². The molecular weight excluding hydrogens is 390 g/mol. The van der Waals surface area contributed by atoms with Gasteiger partial charge in [0.15, 0.2) is 6.61 Å². The first-order valence-electron chi connectivity index (χ1n) is 6.41. The molecule has 128 valence electrons. The van der Waals surface area contributed by atoms with Crippen molar-refractivity contribution in [3.05, 3.63) is 57.0 Å². The van der Waals surface area contributed by atoms with E-state index in [-0.39, 0.29) is 15.8 Å². The average Bonchev–Trinajstić information content (AvgIpc) is 2.49. The number of ether oxygens (including phenoxy) is 1. The van der Waals surface area contributed by atoms with E-state index in [0.717, 1.165) is 12.1 Å². The minimum atomic E-state index is -4.65. The highest BCUT2D eigenvalue weighted by Gasteiger charge is 2.34. The molecule has 3 nitrogen and oxygen atoms in total. The zero-order chi connectivity index (χ0) is 17.9. The predicted molar refractivity (Wildman–Crippen MR) is 87.0 cm³/mol. The highest BCUT2D eigenvalue weighted by atomic mass is 35.5. The highest BCUT2D eigenvalue weighted by molar-refractivity contribution is 6.42. The molecule has 0 radical (unpaired) electrons. The number of alkyl halides is 3. The normalized spacial score (nSPS) is 11.2. The van der Waals surface area contributed by atoms with Crippen molar-refractivity contribution in [1.29, 1.82) is 0 Å². The minimum absolute atomic E-state index is 0.0904. The van der Waals surface area contributed by atoms with Gasteiger partial charge in [0.2, 0.25) is 0 Å². The minimum Gasteiger partial charge on any atom is -0.484 e. The van der Waals surface area contributed by atoms with Crippen LogP contribution in [-0.4, -0.2) is 12.5 Å². The Morgan fingerprint density at radius 3 is 2.38 bits per heavy atom. The highest BCUT2D eigenvalue weighted by Crippen LogP contribution is 2.36. The third kappa shape index (κ3) is 4.93. The van der Waals surface area contributed by atoms with E-state index in [1.807, 2.05) is 0 Å². The first-order valence-corrected chi connectivity index (χ1v) is 7.54. The Labute approximate surface area is 150 Å².